The molecule has 0 aliphatic carbocycles. The first-order valence-corrected chi connectivity index (χ1v) is 10.00. The van der Waals surface area contributed by atoms with Gasteiger partial charge < -0.3 is 10.1 Å². The molecule has 0 aliphatic heterocycles. The van der Waals surface area contributed by atoms with Gasteiger partial charge in [-0.3, -0.25) is 14.2 Å². The molecule has 1 amide bonds. The number of nitrogens with zero attached hydrogens (tertiary/aromatic N) is 2. The molecule has 7 heteroatoms. The standard InChI is InChI=1S/C25H21N3O4/c1-16-5-7-17(8-6-16)15-28-22-19(4-3-13-26-22)14-21(24(28)30)23(29)27-20-11-9-18(10-12-20)25(31)32-2/h3-14H,15H2,1-2H3,(H,27,29). The minimum Gasteiger partial charge on any atom is -0.465 e. The fourth-order valence-corrected chi connectivity index (χ4v) is 3.40. The number of pyridine rings is 2. The minimum absolute atomic E-state index is 0.00894. The highest BCUT2D eigenvalue weighted by Gasteiger charge is 2.17. The number of benzene rings is 2. The average Bonchev–Trinajstić information content (AvgIpc) is 2.82. The molecule has 0 atom stereocenters. The summed E-state index contributed by atoms with van der Waals surface area (Å²) in [7, 11) is 1.30. The van der Waals surface area contributed by atoms with Crippen LogP contribution in [0.2, 0.25) is 0 Å². The number of aromatic nitrogens is 2. The predicted molar refractivity (Wildman–Crippen MR) is 122 cm³/mol. The number of ether oxygens (including phenoxy) is 1. The first-order valence-electron chi connectivity index (χ1n) is 10.00. The third-order valence-corrected chi connectivity index (χ3v) is 5.12. The largest absolute Gasteiger partial charge is 0.465 e. The number of hydrogen-bond acceptors (Lipinski definition) is 5. The van der Waals surface area contributed by atoms with E-state index in [0.29, 0.717) is 28.8 Å². The van der Waals surface area contributed by atoms with E-state index in [1.807, 2.05) is 37.3 Å². The normalized spacial score (nSPS) is 10.7. The molecule has 160 valence electrons. The predicted octanol–water partition coefficient (Wildman–Crippen LogP) is 3.79. The molecule has 2 aromatic heterocycles. The van der Waals surface area contributed by atoms with Crippen molar-refractivity contribution >= 4 is 28.6 Å². The summed E-state index contributed by atoms with van der Waals surface area (Å²) in [6.45, 7) is 2.29. The van der Waals surface area contributed by atoms with Gasteiger partial charge in [0.1, 0.15) is 11.2 Å². The SMILES string of the molecule is COC(=O)c1ccc(NC(=O)c2cc3cccnc3n(Cc3ccc(C)cc3)c2=O)cc1. The van der Waals surface area contributed by atoms with E-state index in [1.54, 1.807) is 42.6 Å². The Bertz CT molecular complexity index is 1360. The van der Waals surface area contributed by atoms with Crippen molar-refractivity contribution in [1.82, 2.24) is 9.55 Å². The molecule has 0 saturated heterocycles. The maximum absolute atomic E-state index is 13.3. The number of amides is 1. The molecule has 0 aliphatic rings. The number of fused-ring (bicyclic) bond motifs is 1. The highest BCUT2D eigenvalue weighted by Crippen LogP contribution is 2.16. The second-order valence-electron chi connectivity index (χ2n) is 7.37. The van der Waals surface area contributed by atoms with Crippen LogP contribution in [0.15, 0.2) is 77.7 Å². The smallest absolute Gasteiger partial charge is 0.337 e. The Kier molecular flexibility index (Phi) is 5.81. The second kappa shape index (κ2) is 8.85. The Morgan fingerprint density at radius 1 is 1.03 bits per heavy atom. The Hall–Kier alpha value is -4.26. The third kappa shape index (κ3) is 4.27. The summed E-state index contributed by atoms with van der Waals surface area (Å²) in [5.74, 6) is -1.01. The molecule has 1 N–H and O–H groups in total. The number of aryl methyl sites for hydroxylation is 1. The Morgan fingerprint density at radius 2 is 1.75 bits per heavy atom. The molecule has 4 rings (SSSR count). The Labute approximate surface area is 184 Å². The van der Waals surface area contributed by atoms with Gasteiger partial charge in [0.2, 0.25) is 0 Å². The fraction of sp³-hybridized carbons (Fsp3) is 0.120. The van der Waals surface area contributed by atoms with Crippen LogP contribution in [0.1, 0.15) is 31.8 Å². The van der Waals surface area contributed by atoms with E-state index in [0.717, 1.165) is 11.1 Å². The molecule has 4 aromatic rings. The van der Waals surface area contributed by atoms with Crippen molar-refractivity contribution in [2.45, 2.75) is 13.5 Å². The van der Waals surface area contributed by atoms with Crippen molar-refractivity contribution < 1.29 is 14.3 Å². The van der Waals surface area contributed by atoms with Crippen LogP contribution in [0.5, 0.6) is 0 Å². The molecule has 0 saturated carbocycles. The highest BCUT2D eigenvalue weighted by molar-refractivity contribution is 6.05. The molecule has 0 radical (unpaired) electrons. The Balaban J connectivity index is 1.70. The molecule has 0 fully saturated rings. The average molecular weight is 427 g/mol. The molecule has 32 heavy (non-hydrogen) atoms. The van der Waals surface area contributed by atoms with E-state index < -0.39 is 17.4 Å². The van der Waals surface area contributed by atoms with Crippen molar-refractivity contribution in [1.29, 1.82) is 0 Å². The topological polar surface area (TPSA) is 90.3 Å². The zero-order chi connectivity index (χ0) is 22.7. The lowest BCUT2D eigenvalue weighted by Gasteiger charge is -2.13. The first kappa shape index (κ1) is 21.0. The van der Waals surface area contributed by atoms with E-state index in [2.05, 4.69) is 15.0 Å². The molecule has 0 spiro atoms. The van der Waals surface area contributed by atoms with Crippen LogP contribution in [0.3, 0.4) is 0 Å². The lowest BCUT2D eigenvalue weighted by molar-refractivity contribution is 0.0600. The second-order valence-corrected chi connectivity index (χ2v) is 7.37. The number of carbonyl (C=O) groups is 2. The van der Waals surface area contributed by atoms with E-state index >= 15 is 0 Å². The van der Waals surface area contributed by atoms with Gasteiger partial charge in [0.25, 0.3) is 11.5 Å². The maximum Gasteiger partial charge on any atom is 0.337 e. The van der Waals surface area contributed by atoms with Gasteiger partial charge in [-0.15, -0.1) is 0 Å². The summed E-state index contributed by atoms with van der Waals surface area (Å²) < 4.78 is 6.18. The molecule has 0 bridgehead atoms. The summed E-state index contributed by atoms with van der Waals surface area (Å²) in [6.07, 6.45) is 1.62. The Morgan fingerprint density at radius 3 is 2.44 bits per heavy atom. The van der Waals surface area contributed by atoms with Crippen LogP contribution in [0.4, 0.5) is 5.69 Å². The van der Waals surface area contributed by atoms with E-state index in [1.165, 1.54) is 11.7 Å². The van der Waals surface area contributed by atoms with E-state index in [9.17, 15) is 14.4 Å². The lowest BCUT2D eigenvalue weighted by atomic mass is 10.1. The van der Waals surface area contributed by atoms with Gasteiger partial charge in [0.15, 0.2) is 0 Å². The van der Waals surface area contributed by atoms with Gasteiger partial charge in [-0.25, -0.2) is 9.78 Å². The van der Waals surface area contributed by atoms with Crippen molar-refractivity contribution in [3.8, 4) is 0 Å². The number of anilines is 1. The van der Waals surface area contributed by atoms with Gasteiger partial charge in [-0.1, -0.05) is 29.8 Å². The number of methoxy groups -OCH3 is 1. The van der Waals surface area contributed by atoms with Crippen LogP contribution >= 0.6 is 0 Å². The van der Waals surface area contributed by atoms with Crippen LogP contribution < -0.4 is 10.9 Å². The van der Waals surface area contributed by atoms with E-state index in [4.69, 9.17) is 0 Å². The van der Waals surface area contributed by atoms with Gasteiger partial charge >= 0.3 is 5.97 Å². The number of hydrogen-bond donors (Lipinski definition) is 1. The van der Waals surface area contributed by atoms with Gasteiger partial charge in [0.05, 0.1) is 19.2 Å². The zero-order valence-corrected chi connectivity index (χ0v) is 17.7. The molecular weight excluding hydrogens is 406 g/mol. The molecule has 0 unspecified atom stereocenters. The zero-order valence-electron chi connectivity index (χ0n) is 17.7. The summed E-state index contributed by atoms with van der Waals surface area (Å²) in [4.78, 5) is 42.2. The third-order valence-electron chi connectivity index (χ3n) is 5.12. The molecule has 7 nitrogen and oxygen atoms in total. The van der Waals surface area contributed by atoms with Crippen LogP contribution in [-0.4, -0.2) is 28.5 Å². The van der Waals surface area contributed by atoms with Gasteiger partial charge in [-0.2, -0.15) is 0 Å². The van der Waals surface area contributed by atoms with Gasteiger partial charge in [0, 0.05) is 17.3 Å². The number of carbonyl (C=O) groups excluding carboxylic acids is 2. The summed E-state index contributed by atoms with van der Waals surface area (Å²) in [5, 5.41) is 3.41. The quantitative estimate of drug-likeness (QED) is 0.490. The van der Waals surface area contributed by atoms with Crippen molar-refractivity contribution in [3.05, 3.63) is 106 Å². The summed E-state index contributed by atoms with van der Waals surface area (Å²) >= 11 is 0. The number of esters is 1. The first-order chi connectivity index (χ1) is 15.5. The van der Waals surface area contributed by atoms with Crippen LogP contribution in [0.25, 0.3) is 11.0 Å². The highest BCUT2D eigenvalue weighted by atomic mass is 16.5. The van der Waals surface area contributed by atoms with Crippen LogP contribution in [0, 0.1) is 6.92 Å². The molecule has 2 aromatic carbocycles. The number of rotatable bonds is 5. The minimum atomic E-state index is -0.538. The lowest BCUT2D eigenvalue weighted by Crippen LogP contribution is -2.30. The fourth-order valence-electron chi connectivity index (χ4n) is 3.40. The van der Waals surface area contributed by atoms with Crippen molar-refractivity contribution in [3.63, 3.8) is 0 Å². The monoisotopic (exact) mass is 427 g/mol. The van der Waals surface area contributed by atoms with Crippen LogP contribution in [-0.2, 0) is 11.3 Å². The van der Waals surface area contributed by atoms with E-state index in [-0.39, 0.29) is 5.56 Å². The summed E-state index contributed by atoms with van der Waals surface area (Å²) in [5.41, 5.74) is 2.96. The molecule has 2 heterocycles. The molecular formula is C25H21N3O4. The maximum atomic E-state index is 13.3. The summed E-state index contributed by atoms with van der Waals surface area (Å²) in [6, 6.07) is 19.2. The van der Waals surface area contributed by atoms with Gasteiger partial charge in [-0.05, 0) is 55.0 Å². The van der Waals surface area contributed by atoms with Crippen molar-refractivity contribution in [2.75, 3.05) is 12.4 Å². The number of nitrogens with one attached hydrogen (secondary N) is 1. The van der Waals surface area contributed by atoms with Crippen molar-refractivity contribution in [2.24, 2.45) is 0 Å².